The van der Waals surface area contributed by atoms with Crippen molar-refractivity contribution in [3.05, 3.63) is 35.5 Å². The van der Waals surface area contributed by atoms with E-state index in [0.29, 0.717) is 5.56 Å². The van der Waals surface area contributed by atoms with Gasteiger partial charge in [0.15, 0.2) is 5.78 Å². The van der Waals surface area contributed by atoms with E-state index < -0.39 is 0 Å². The molecular formula is C14H15NO3S. The minimum atomic E-state index is -0.312. The molecule has 2 aromatic rings. The van der Waals surface area contributed by atoms with E-state index in [1.54, 1.807) is 0 Å². The molecule has 0 aliphatic carbocycles. The van der Waals surface area contributed by atoms with Gasteiger partial charge in [0, 0.05) is 22.2 Å². The Hall–Kier alpha value is -1.75. The van der Waals surface area contributed by atoms with E-state index in [0.717, 1.165) is 16.6 Å². The van der Waals surface area contributed by atoms with Crippen LogP contribution in [0.2, 0.25) is 0 Å². The molecule has 0 saturated carbocycles. The lowest BCUT2D eigenvalue weighted by Crippen LogP contribution is -2.08. The second-order valence-electron chi connectivity index (χ2n) is 4.16. The molecule has 19 heavy (non-hydrogen) atoms. The van der Waals surface area contributed by atoms with Gasteiger partial charge in [0.25, 0.3) is 0 Å². The molecule has 1 heterocycles. The Kier molecular flexibility index (Phi) is 4.27. The number of para-hydroxylation sites is 1. The minimum Gasteiger partial charge on any atom is -0.468 e. The van der Waals surface area contributed by atoms with Crippen molar-refractivity contribution in [3.63, 3.8) is 0 Å². The summed E-state index contributed by atoms with van der Waals surface area (Å²) in [7, 11) is 1.34. The van der Waals surface area contributed by atoms with Crippen LogP contribution < -0.4 is 0 Å². The predicted octanol–water partition coefficient (Wildman–Crippen LogP) is 2.57. The standard InChI is InChI=1S/C14H15NO3S/c1-9-14(10-5-3-4-6-11(10)15-9)12(16)7-19-8-13(17)18-2/h3-6,15H,7-8H2,1-2H3. The van der Waals surface area contributed by atoms with Crippen LogP contribution in [-0.2, 0) is 9.53 Å². The number of ketones is 1. The molecule has 100 valence electrons. The minimum absolute atomic E-state index is 0.0313. The molecule has 1 aromatic heterocycles. The first kappa shape index (κ1) is 13.7. The fourth-order valence-electron chi connectivity index (χ4n) is 1.99. The zero-order valence-electron chi connectivity index (χ0n) is 10.9. The molecule has 0 atom stereocenters. The molecule has 0 bridgehead atoms. The van der Waals surface area contributed by atoms with Crippen LogP contribution in [0.3, 0.4) is 0 Å². The Bertz CT molecular complexity index is 618. The molecule has 0 amide bonds. The molecule has 1 N–H and O–H groups in total. The van der Waals surface area contributed by atoms with E-state index in [9.17, 15) is 9.59 Å². The van der Waals surface area contributed by atoms with Crippen LogP contribution in [0.15, 0.2) is 24.3 Å². The normalized spacial score (nSPS) is 10.6. The zero-order valence-corrected chi connectivity index (χ0v) is 11.7. The molecule has 5 heteroatoms. The van der Waals surface area contributed by atoms with E-state index in [4.69, 9.17) is 0 Å². The number of carbonyl (C=O) groups is 2. The van der Waals surface area contributed by atoms with Gasteiger partial charge in [-0.15, -0.1) is 11.8 Å². The van der Waals surface area contributed by atoms with E-state index in [1.165, 1.54) is 18.9 Å². The molecule has 0 unspecified atom stereocenters. The van der Waals surface area contributed by atoms with Gasteiger partial charge in [0.2, 0.25) is 0 Å². The lowest BCUT2D eigenvalue weighted by Gasteiger charge is -2.01. The van der Waals surface area contributed by atoms with E-state index in [2.05, 4.69) is 9.72 Å². The third-order valence-corrected chi connectivity index (χ3v) is 3.76. The van der Waals surface area contributed by atoms with Crippen molar-refractivity contribution < 1.29 is 14.3 Å². The van der Waals surface area contributed by atoms with Gasteiger partial charge in [-0.2, -0.15) is 0 Å². The molecule has 2 rings (SSSR count). The summed E-state index contributed by atoms with van der Waals surface area (Å²) in [5.74, 6) is 0.193. The van der Waals surface area contributed by atoms with Gasteiger partial charge in [0.1, 0.15) is 0 Å². The summed E-state index contributed by atoms with van der Waals surface area (Å²) in [5.41, 5.74) is 2.54. The van der Waals surface area contributed by atoms with Crippen LogP contribution >= 0.6 is 11.8 Å². The number of hydrogen-bond donors (Lipinski definition) is 1. The van der Waals surface area contributed by atoms with E-state index in [-0.39, 0.29) is 23.3 Å². The zero-order chi connectivity index (χ0) is 13.8. The predicted molar refractivity (Wildman–Crippen MR) is 76.7 cm³/mol. The fourth-order valence-corrected chi connectivity index (χ4v) is 2.71. The van der Waals surface area contributed by atoms with Gasteiger partial charge in [0.05, 0.1) is 18.6 Å². The summed E-state index contributed by atoms with van der Waals surface area (Å²) in [4.78, 5) is 26.4. The van der Waals surface area contributed by atoms with Crippen LogP contribution in [0, 0.1) is 6.92 Å². The quantitative estimate of drug-likeness (QED) is 0.674. The highest BCUT2D eigenvalue weighted by Crippen LogP contribution is 2.23. The number of methoxy groups -OCH3 is 1. The number of nitrogens with one attached hydrogen (secondary N) is 1. The maximum Gasteiger partial charge on any atom is 0.315 e. The number of aromatic nitrogens is 1. The summed E-state index contributed by atoms with van der Waals surface area (Å²) in [5, 5.41) is 0.934. The Morgan fingerprint density at radius 1 is 1.26 bits per heavy atom. The molecule has 0 radical (unpaired) electrons. The summed E-state index contributed by atoms with van der Waals surface area (Å²) in [6, 6.07) is 7.71. The number of rotatable bonds is 5. The van der Waals surface area contributed by atoms with Crippen LogP contribution in [0.4, 0.5) is 0 Å². The number of ether oxygens (including phenoxy) is 1. The van der Waals surface area contributed by atoms with Crippen molar-refractivity contribution in [2.24, 2.45) is 0 Å². The van der Waals surface area contributed by atoms with E-state index >= 15 is 0 Å². The molecule has 0 spiro atoms. The average Bonchev–Trinajstić information content (AvgIpc) is 2.74. The third-order valence-electron chi connectivity index (χ3n) is 2.85. The average molecular weight is 277 g/mol. The highest BCUT2D eigenvalue weighted by Gasteiger charge is 2.16. The summed E-state index contributed by atoms with van der Waals surface area (Å²) in [6.07, 6.45) is 0. The number of fused-ring (bicyclic) bond motifs is 1. The van der Waals surface area contributed by atoms with Crippen molar-refractivity contribution in [1.29, 1.82) is 0 Å². The van der Waals surface area contributed by atoms with Gasteiger partial charge in [-0.25, -0.2) is 0 Å². The molecule has 0 aliphatic rings. The molecular weight excluding hydrogens is 262 g/mol. The number of thioether (sulfide) groups is 1. The van der Waals surface area contributed by atoms with Crippen molar-refractivity contribution in [2.75, 3.05) is 18.6 Å². The maximum absolute atomic E-state index is 12.2. The summed E-state index contributed by atoms with van der Waals surface area (Å²) in [6.45, 7) is 1.89. The maximum atomic E-state index is 12.2. The number of esters is 1. The number of hydrogen-bond acceptors (Lipinski definition) is 4. The number of aromatic amines is 1. The van der Waals surface area contributed by atoms with Crippen molar-refractivity contribution in [1.82, 2.24) is 4.98 Å². The number of Topliss-reactive ketones (excluding diaryl/α,β-unsaturated/α-hetero) is 1. The number of carbonyl (C=O) groups excluding carboxylic acids is 2. The summed E-state index contributed by atoms with van der Waals surface area (Å²) >= 11 is 1.27. The van der Waals surface area contributed by atoms with Gasteiger partial charge in [-0.1, -0.05) is 18.2 Å². The van der Waals surface area contributed by atoms with Crippen molar-refractivity contribution >= 4 is 34.4 Å². The largest absolute Gasteiger partial charge is 0.468 e. The van der Waals surface area contributed by atoms with Crippen LogP contribution in [0.25, 0.3) is 10.9 Å². The monoisotopic (exact) mass is 277 g/mol. The van der Waals surface area contributed by atoms with Crippen LogP contribution in [-0.4, -0.2) is 35.4 Å². The SMILES string of the molecule is COC(=O)CSCC(=O)c1c(C)[nH]c2ccccc12. The molecule has 0 saturated heterocycles. The Labute approximate surface area is 115 Å². The molecule has 1 aromatic carbocycles. The first-order valence-corrected chi connectivity index (χ1v) is 7.04. The Balaban J connectivity index is 2.13. The topological polar surface area (TPSA) is 59.2 Å². The lowest BCUT2D eigenvalue weighted by molar-refractivity contribution is -0.137. The highest BCUT2D eigenvalue weighted by molar-refractivity contribution is 8.00. The van der Waals surface area contributed by atoms with Gasteiger partial charge in [-0.05, 0) is 13.0 Å². The first-order valence-electron chi connectivity index (χ1n) is 5.88. The molecule has 4 nitrogen and oxygen atoms in total. The lowest BCUT2D eigenvalue weighted by atomic mass is 10.1. The Morgan fingerprint density at radius 3 is 2.74 bits per heavy atom. The highest BCUT2D eigenvalue weighted by atomic mass is 32.2. The number of aryl methyl sites for hydroxylation is 1. The third kappa shape index (κ3) is 2.98. The van der Waals surface area contributed by atoms with Crippen molar-refractivity contribution in [3.8, 4) is 0 Å². The number of benzene rings is 1. The smallest absolute Gasteiger partial charge is 0.315 e. The van der Waals surface area contributed by atoms with Gasteiger partial charge >= 0.3 is 5.97 Å². The van der Waals surface area contributed by atoms with Gasteiger partial charge < -0.3 is 9.72 Å². The first-order chi connectivity index (χ1) is 9.13. The van der Waals surface area contributed by atoms with Crippen LogP contribution in [0.1, 0.15) is 16.1 Å². The summed E-state index contributed by atoms with van der Waals surface area (Å²) < 4.78 is 4.54. The molecule has 0 fully saturated rings. The Morgan fingerprint density at radius 2 is 2.00 bits per heavy atom. The fraction of sp³-hybridized carbons (Fsp3) is 0.286. The number of H-pyrrole nitrogens is 1. The second-order valence-corrected chi connectivity index (χ2v) is 5.15. The second kappa shape index (κ2) is 5.93. The van der Waals surface area contributed by atoms with Crippen LogP contribution in [0.5, 0.6) is 0 Å². The molecule has 0 aliphatic heterocycles. The van der Waals surface area contributed by atoms with Crippen molar-refractivity contribution in [2.45, 2.75) is 6.92 Å². The van der Waals surface area contributed by atoms with E-state index in [1.807, 2.05) is 31.2 Å². The van der Waals surface area contributed by atoms with Gasteiger partial charge in [-0.3, -0.25) is 9.59 Å².